The van der Waals surface area contributed by atoms with E-state index >= 15 is 0 Å². The first kappa shape index (κ1) is 20.1. The molecular weight excluding hydrogens is 366 g/mol. The van der Waals surface area contributed by atoms with Crippen LogP contribution in [0.15, 0.2) is 72.8 Å². The number of carbonyl (C=O) groups is 2. The van der Waals surface area contributed by atoms with Crippen molar-refractivity contribution in [3.05, 3.63) is 89.5 Å². The predicted octanol–water partition coefficient (Wildman–Crippen LogP) is 4.14. The van der Waals surface area contributed by atoms with Crippen LogP contribution in [0.4, 0.5) is 0 Å². The molecule has 0 fully saturated rings. The molecule has 0 saturated carbocycles. The summed E-state index contributed by atoms with van der Waals surface area (Å²) in [4.78, 5) is 24.3. The average molecular weight is 389 g/mol. The Morgan fingerprint density at radius 2 is 1.59 bits per heavy atom. The van der Waals surface area contributed by atoms with Gasteiger partial charge in [-0.05, 0) is 42.3 Å². The Labute approximate surface area is 170 Å². The largest absolute Gasteiger partial charge is 0.496 e. The third kappa shape index (κ3) is 5.45. The van der Waals surface area contributed by atoms with Crippen molar-refractivity contribution in [2.75, 3.05) is 13.7 Å². The maximum Gasteiger partial charge on any atom is 0.325 e. The lowest BCUT2D eigenvalue weighted by Crippen LogP contribution is -2.30. The van der Waals surface area contributed by atoms with Crippen molar-refractivity contribution in [3.8, 4) is 16.9 Å². The summed E-state index contributed by atoms with van der Waals surface area (Å²) in [6.45, 7) is 1.84. The molecule has 0 bridgehead atoms. The fourth-order valence-electron chi connectivity index (χ4n) is 2.93. The standard InChI is InChI=1S/C24H23NO4/c1-17-8-13-22(28-2)21(14-17)16-29-23(26)15-25-24(27)20-11-9-19(10-12-20)18-6-4-3-5-7-18/h3-14H,15-16H2,1-2H3,(H,25,27). The van der Waals surface area contributed by atoms with E-state index in [1.807, 2.05) is 67.6 Å². The van der Waals surface area contributed by atoms with Gasteiger partial charge in [-0.2, -0.15) is 0 Å². The summed E-state index contributed by atoms with van der Waals surface area (Å²) in [6, 6.07) is 22.8. The number of carbonyl (C=O) groups excluding carboxylic acids is 2. The molecular formula is C24H23NO4. The van der Waals surface area contributed by atoms with Gasteiger partial charge in [0.25, 0.3) is 5.91 Å². The van der Waals surface area contributed by atoms with Gasteiger partial charge < -0.3 is 14.8 Å². The molecule has 3 rings (SSSR count). The first-order chi connectivity index (χ1) is 14.1. The summed E-state index contributed by atoms with van der Waals surface area (Å²) in [5, 5.41) is 2.59. The van der Waals surface area contributed by atoms with Crippen molar-refractivity contribution in [1.82, 2.24) is 5.32 Å². The maximum atomic E-state index is 12.3. The van der Waals surface area contributed by atoms with Crippen LogP contribution in [-0.4, -0.2) is 25.5 Å². The van der Waals surface area contributed by atoms with E-state index < -0.39 is 5.97 Å². The fourth-order valence-corrected chi connectivity index (χ4v) is 2.93. The lowest BCUT2D eigenvalue weighted by atomic mass is 10.0. The van der Waals surface area contributed by atoms with Gasteiger partial charge in [-0.25, -0.2) is 0 Å². The number of rotatable bonds is 7. The van der Waals surface area contributed by atoms with Crippen LogP contribution in [0.5, 0.6) is 5.75 Å². The lowest BCUT2D eigenvalue weighted by Gasteiger charge is -2.11. The van der Waals surface area contributed by atoms with E-state index in [1.165, 1.54) is 0 Å². The van der Waals surface area contributed by atoms with E-state index in [1.54, 1.807) is 19.2 Å². The van der Waals surface area contributed by atoms with Gasteiger partial charge in [0.2, 0.25) is 0 Å². The van der Waals surface area contributed by atoms with Crippen LogP contribution in [0.2, 0.25) is 0 Å². The molecule has 5 heteroatoms. The number of benzene rings is 3. The minimum Gasteiger partial charge on any atom is -0.496 e. The van der Waals surface area contributed by atoms with Crippen LogP contribution in [-0.2, 0) is 16.1 Å². The molecule has 0 aromatic heterocycles. The Morgan fingerprint density at radius 1 is 0.897 bits per heavy atom. The Hall–Kier alpha value is -3.60. The zero-order valence-corrected chi connectivity index (χ0v) is 16.5. The van der Waals surface area contributed by atoms with Gasteiger partial charge in [0.05, 0.1) is 7.11 Å². The molecule has 148 valence electrons. The Kier molecular flexibility index (Phi) is 6.63. The molecule has 0 aliphatic heterocycles. The van der Waals surface area contributed by atoms with E-state index in [-0.39, 0.29) is 19.1 Å². The van der Waals surface area contributed by atoms with Crippen molar-refractivity contribution in [2.45, 2.75) is 13.5 Å². The second kappa shape index (κ2) is 9.55. The van der Waals surface area contributed by atoms with Crippen LogP contribution < -0.4 is 10.1 Å². The van der Waals surface area contributed by atoms with Crippen molar-refractivity contribution in [2.24, 2.45) is 0 Å². The van der Waals surface area contributed by atoms with E-state index in [0.29, 0.717) is 11.3 Å². The first-order valence-electron chi connectivity index (χ1n) is 9.29. The number of methoxy groups -OCH3 is 1. The number of esters is 1. The minimum absolute atomic E-state index is 0.0886. The Balaban J connectivity index is 1.51. The van der Waals surface area contributed by atoms with Crippen LogP contribution in [0.25, 0.3) is 11.1 Å². The third-order valence-corrected chi connectivity index (χ3v) is 4.47. The van der Waals surface area contributed by atoms with Crippen molar-refractivity contribution in [1.29, 1.82) is 0 Å². The van der Waals surface area contributed by atoms with Crippen LogP contribution in [0.1, 0.15) is 21.5 Å². The topological polar surface area (TPSA) is 64.6 Å². The van der Waals surface area contributed by atoms with Gasteiger partial charge in [0, 0.05) is 11.1 Å². The van der Waals surface area contributed by atoms with Crippen LogP contribution >= 0.6 is 0 Å². The monoisotopic (exact) mass is 389 g/mol. The number of aryl methyl sites for hydroxylation is 1. The summed E-state index contributed by atoms with van der Waals surface area (Å²) in [5.74, 6) is -0.177. The number of nitrogens with one attached hydrogen (secondary N) is 1. The summed E-state index contributed by atoms with van der Waals surface area (Å²) >= 11 is 0. The van der Waals surface area contributed by atoms with Crippen LogP contribution in [0, 0.1) is 6.92 Å². The summed E-state index contributed by atoms with van der Waals surface area (Å²) < 4.78 is 10.5. The highest BCUT2D eigenvalue weighted by atomic mass is 16.5. The maximum absolute atomic E-state index is 12.3. The second-order valence-corrected chi connectivity index (χ2v) is 6.60. The summed E-state index contributed by atoms with van der Waals surface area (Å²) in [7, 11) is 1.57. The molecule has 3 aromatic carbocycles. The van der Waals surface area contributed by atoms with Gasteiger partial charge in [-0.3, -0.25) is 9.59 Å². The molecule has 5 nitrogen and oxygen atoms in total. The third-order valence-electron chi connectivity index (χ3n) is 4.47. The highest BCUT2D eigenvalue weighted by molar-refractivity contribution is 5.96. The van der Waals surface area contributed by atoms with Gasteiger partial charge in [-0.1, -0.05) is 54.1 Å². The number of hydrogen-bond donors (Lipinski definition) is 1. The molecule has 0 unspecified atom stereocenters. The van der Waals surface area contributed by atoms with Crippen molar-refractivity contribution < 1.29 is 19.1 Å². The lowest BCUT2D eigenvalue weighted by molar-refractivity contribution is -0.143. The van der Waals surface area contributed by atoms with Crippen LogP contribution in [0.3, 0.4) is 0 Å². The average Bonchev–Trinajstić information content (AvgIpc) is 2.77. The van der Waals surface area contributed by atoms with Gasteiger partial charge in [0.1, 0.15) is 18.9 Å². The van der Waals surface area contributed by atoms with Crippen molar-refractivity contribution >= 4 is 11.9 Å². The quantitative estimate of drug-likeness (QED) is 0.617. The number of amides is 1. The van der Waals surface area contributed by atoms with E-state index in [0.717, 1.165) is 22.3 Å². The molecule has 0 saturated heterocycles. The highest BCUT2D eigenvalue weighted by Crippen LogP contribution is 2.21. The number of hydrogen-bond acceptors (Lipinski definition) is 4. The van der Waals surface area contributed by atoms with E-state index in [9.17, 15) is 9.59 Å². The van der Waals surface area contributed by atoms with Gasteiger partial charge in [-0.15, -0.1) is 0 Å². The summed E-state index contributed by atoms with van der Waals surface area (Å²) in [5.41, 5.74) is 4.41. The highest BCUT2D eigenvalue weighted by Gasteiger charge is 2.11. The van der Waals surface area contributed by atoms with Gasteiger partial charge in [0.15, 0.2) is 0 Å². The second-order valence-electron chi connectivity index (χ2n) is 6.60. The molecule has 1 amide bonds. The minimum atomic E-state index is -0.511. The molecule has 0 aliphatic rings. The molecule has 3 aromatic rings. The number of ether oxygens (including phenoxy) is 2. The fraction of sp³-hybridized carbons (Fsp3) is 0.167. The zero-order valence-electron chi connectivity index (χ0n) is 16.5. The molecule has 0 radical (unpaired) electrons. The summed E-state index contributed by atoms with van der Waals surface area (Å²) in [6.07, 6.45) is 0. The van der Waals surface area contributed by atoms with E-state index in [4.69, 9.17) is 9.47 Å². The smallest absolute Gasteiger partial charge is 0.325 e. The Bertz CT molecular complexity index is 982. The molecule has 0 atom stereocenters. The van der Waals surface area contributed by atoms with Crippen molar-refractivity contribution in [3.63, 3.8) is 0 Å². The molecule has 1 N–H and O–H groups in total. The molecule has 29 heavy (non-hydrogen) atoms. The molecule has 0 aliphatic carbocycles. The molecule has 0 spiro atoms. The first-order valence-corrected chi connectivity index (χ1v) is 9.29. The predicted molar refractivity (Wildman–Crippen MR) is 112 cm³/mol. The normalized spacial score (nSPS) is 10.3. The Morgan fingerprint density at radius 3 is 2.28 bits per heavy atom. The SMILES string of the molecule is COc1ccc(C)cc1COC(=O)CNC(=O)c1ccc(-c2ccccc2)cc1. The zero-order chi connectivity index (χ0) is 20.6. The molecule has 0 heterocycles. The van der Waals surface area contributed by atoms with Gasteiger partial charge >= 0.3 is 5.97 Å². The van der Waals surface area contributed by atoms with E-state index in [2.05, 4.69) is 5.32 Å².